The number of ether oxygens (including phenoxy) is 1. The fourth-order valence-electron chi connectivity index (χ4n) is 2.62. The molecule has 1 aliphatic heterocycles. The number of likely N-dealkylation sites (N-methyl/N-ethyl adjacent to an activating group) is 1. The molecule has 0 amide bonds. The molecule has 1 saturated heterocycles. The molecule has 1 heterocycles. The second-order valence-electron chi connectivity index (χ2n) is 5.34. The van der Waals surface area contributed by atoms with E-state index in [0.717, 1.165) is 44.8 Å². The first-order chi connectivity index (χ1) is 9.63. The molecule has 1 fully saturated rings. The third kappa shape index (κ3) is 3.58. The molecule has 1 aliphatic rings. The van der Waals surface area contributed by atoms with Crippen molar-refractivity contribution in [3.63, 3.8) is 0 Å². The van der Waals surface area contributed by atoms with Crippen molar-refractivity contribution >= 4 is 5.97 Å². The summed E-state index contributed by atoms with van der Waals surface area (Å²) in [5.41, 5.74) is 3.08. The van der Waals surface area contributed by atoms with Gasteiger partial charge in [0.1, 0.15) is 0 Å². The molecule has 0 unspecified atom stereocenters. The van der Waals surface area contributed by atoms with Crippen LogP contribution in [0.15, 0.2) is 18.2 Å². The first kappa shape index (κ1) is 15.0. The smallest absolute Gasteiger partial charge is 0.337 e. The normalized spacial score (nSPS) is 17.1. The number of carbonyl (C=O) groups is 1. The molecule has 0 N–H and O–H groups in total. The van der Waals surface area contributed by atoms with Crippen molar-refractivity contribution in [2.24, 2.45) is 0 Å². The van der Waals surface area contributed by atoms with Crippen molar-refractivity contribution in [2.45, 2.75) is 20.4 Å². The summed E-state index contributed by atoms with van der Waals surface area (Å²) < 4.78 is 4.75. The molecule has 0 atom stereocenters. The first-order valence-corrected chi connectivity index (χ1v) is 7.26. The van der Waals surface area contributed by atoms with Crippen molar-refractivity contribution in [1.29, 1.82) is 0 Å². The number of rotatable bonds is 4. The molecular formula is C16H24N2O2. The van der Waals surface area contributed by atoms with Crippen molar-refractivity contribution in [3.8, 4) is 0 Å². The van der Waals surface area contributed by atoms with Gasteiger partial charge in [-0.3, -0.25) is 4.90 Å². The maximum Gasteiger partial charge on any atom is 0.337 e. The van der Waals surface area contributed by atoms with E-state index in [9.17, 15) is 4.79 Å². The van der Waals surface area contributed by atoms with Gasteiger partial charge in [-0.1, -0.05) is 13.0 Å². The van der Waals surface area contributed by atoms with Crippen LogP contribution in [0.25, 0.3) is 0 Å². The highest BCUT2D eigenvalue weighted by molar-refractivity contribution is 5.89. The fourth-order valence-corrected chi connectivity index (χ4v) is 2.62. The number of carbonyl (C=O) groups excluding carboxylic acids is 1. The lowest BCUT2D eigenvalue weighted by atomic mass is 10.0. The summed E-state index contributed by atoms with van der Waals surface area (Å²) in [6.07, 6.45) is 0. The van der Waals surface area contributed by atoms with Crippen LogP contribution in [0.3, 0.4) is 0 Å². The van der Waals surface area contributed by atoms with Crippen LogP contribution in [0, 0.1) is 6.92 Å². The lowest BCUT2D eigenvalue weighted by Gasteiger charge is -2.34. The monoisotopic (exact) mass is 276 g/mol. The predicted molar refractivity (Wildman–Crippen MR) is 79.9 cm³/mol. The Kier molecular flexibility index (Phi) is 5.15. The highest BCUT2D eigenvalue weighted by atomic mass is 16.5. The summed E-state index contributed by atoms with van der Waals surface area (Å²) in [7, 11) is 1.42. The van der Waals surface area contributed by atoms with E-state index in [1.54, 1.807) is 0 Å². The van der Waals surface area contributed by atoms with Gasteiger partial charge >= 0.3 is 5.97 Å². The molecule has 0 bridgehead atoms. The Morgan fingerprint density at radius 3 is 2.40 bits per heavy atom. The minimum Gasteiger partial charge on any atom is -0.465 e. The molecule has 0 saturated carbocycles. The van der Waals surface area contributed by atoms with Gasteiger partial charge in [-0.05, 0) is 36.7 Å². The summed E-state index contributed by atoms with van der Waals surface area (Å²) in [6, 6.07) is 5.83. The van der Waals surface area contributed by atoms with Crippen LogP contribution < -0.4 is 0 Å². The standard InChI is InChI=1S/C16H24N2O2/c1-4-17-7-9-18(10-8-17)12-15-6-5-14(11-13(15)2)16(19)20-3/h5-6,11H,4,7-10,12H2,1-3H3. The molecule has 2 rings (SSSR count). The molecule has 4 heteroatoms. The number of hydrogen-bond acceptors (Lipinski definition) is 4. The lowest BCUT2D eigenvalue weighted by Crippen LogP contribution is -2.45. The summed E-state index contributed by atoms with van der Waals surface area (Å²) in [4.78, 5) is 16.5. The number of methoxy groups -OCH3 is 1. The highest BCUT2D eigenvalue weighted by Crippen LogP contribution is 2.15. The van der Waals surface area contributed by atoms with E-state index in [1.165, 1.54) is 12.7 Å². The average molecular weight is 276 g/mol. The average Bonchev–Trinajstić information content (AvgIpc) is 2.49. The van der Waals surface area contributed by atoms with Crippen molar-refractivity contribution < 1.29 is 9.53 Å². The first-order valence-electron chi connectivity index (χ1n) is 7.26. The SMILES string of the molecule is CCN1CCN(Cc2ccc(C(=O)OC)cc2C)CC1. The molecule has 4 nitrogen and oxygen atoms in total. The Morgan fingerprint density at radius 2 is 1.85 bits per heavy atom. The molecule has 0 aromatic heterocycles. The van der Waals surface area contributed by atoms with Gasteiger partial charge in [-0.15, -0.1) is 0 Å². The number of benzene rings is 1. The van der Waals surface area contributed by atoms with Crippen LogP contribution in [0.1, 0.15) is 28.4 Å². The zero-order chi connectivity index (χ0) is 14.5. The van der Waals surface area contributed by atoms with Crippen LogP contribution in [-0.2, 0) is 11.3 Å². The summed E-state index contributed by atoms with van der Waals surface area (Å²) in [5, 5.41) is 0. The number of aryl methyl sites for hydroxylation is 1. The van der Waals surface area contributed by atoms with Crippen molar-refractivity contribution in [1.82, 2.24) is 9.80 Å². The quantitative estimate of drug-likeness (QED) is 0.787. The summed E-state index contributed by atoms with van der Waals surface area (Å²) >= 11 is 0. The Bertz CT molecular complexity index is 466. The fraction of sp³-hybridized carbons (Fsp3) is 0.562. The molecule has 1 aromatic rings. The van der Waals surface area contributed by atoms with Crippen molar-refractivity contribution in [3.05, 3.63) is 34.9 Å². The largest absolute Gasteiger partial charge is 0.465 e. The van der Waals surface area contributed by atoms with E-state index < -0.39 is 0 Å². The minimum atomic E-state index is -0.267. The van der Waals surface area contributed by atoms with Gasteiger partial charge in [-0.2, -0.15) is 0 Å². The third-order valence-corrected chi connectivity index (χ3v) is 4.07. The second-order valence-corrected chi connectivity index (χ2v) is 5.34. The topological polar surface area (TPSA) is 32.8 Å². The Balaban J connectivity index is 1.98. The van der Waals surface area contributed by atoms with Gasteiger partial charge < -0.3 is 9.64 Å². The van der Waals surface area contributed by atoms with E-state index >= 15 is 0 Å². The van der Waals surface area contributed by atoms with E-state index in [1.807, 2.05) is 18.2 Å². The van der Waals surface area contributed by atoms with E-state index in [0.29, 0.717) is 5.56 Å². The number of nitrogens with zero attached hydrogens (tertiary/aromatic N) is 2. The highest BCUT2D eigenvalue weighted by Gasteiger charge is 2.16. The van der Waals surface area contributed by atoms with E-state index in [2.05, 4.69) is 23.6 Å². The van der Waals surface area contributed by atoms with Gasteiger partial charge in [-0.25, -0.2) is 4.79 Å². The zero-order valence-electron chi connectivity index (χ0n) is 12.7. The van der Waals surface area contributed by atoms with Crippen LogP contribution in [0.4, 0.5) is 0 Å². The maximum atomic E-state index is 11.5. The minimum absolute atomic E-state index is 0.267. The van der Waals surface area contributed by atoms with Gasteiger partial charge in [0.25, 0.3) is 0 Å². The van der Waals surface area contributed by atoms with Gasteiger partial charge in [0.2, 0.25) is 0 Å². The second kappa shape index (κ2) is 6.86. The Hall–Kier alpha value is -1.39. The lowest BCUT2D eigenvalue weighted by molar-refractivity contribution is 0.0600. The summed E-state index contributed by atoms with van der Waals surface area (Å²) in [6.45, 7) is 10.9. The number of piperazine rings is 1. The van der Waals surface area contributed by atoms with E-state index in [4.69, 9.17) is 4.74 Å². The molecule has 1 aromatic carbocycles. The van der Waals surface area contributed by atoms with Gasteiger partial charge in [0.05, 0.1) is 12.7 Å². The van der Waals surface area contributed by atoms with Gasteiger partial charge in [0.15, 0.2) is 0 Å². The van der Waals surface area contributed by atoms with Gasteiger partial charge in [0, 0.05) is 32.7 Å². The molecule has 0 spiro atoms. The van der Waals surface area contributed by atoms with Crippen LogP contribution in [-0.4, -0.2) is 55.6 Å². The molecule has 0 aliphatic carbocycles. The zero-order valence-corrected chi connectivity index (χ0v) is 12.7. The summed E-state index contributed by atoms with van der Waals surface area (Å²) in [5.74, 6) is -0.267. The molecule has 20 heavy (non-hydrogen) atoms. The number of esters is 1. The molecule has 0 radical (unpaired) electrons. The third-order valence-electron chi connectivity index (χ3n) is 4.07. The van der Waals surface area contributed by atoms with Crippen LogP contribution >= 0.6 is 0 Å². The maximum absolute atomic E-state index is 11.5. The predicted octanol–water partition coefficient (Wildman–Crippen LogP) is 1.92. The van der Waals surface area contributed by atoms with Crippen LogP contribution in [0.2, 0.25) is 0 Å². The van der Waals surface area contributed by atoms with Crippen molar-refractivity contribution in [2.75, 3.05) is 39.8 Å². The Morgan fingerprint density at radius 1 is 1.20 bits per heavy atom. The van der Waals surface area contributed by atoms with E-state index in [-0.39, 0.29) is 5.97 Å². The molecule has 110 valence electrons. The van der Waals surface area contributed by atoms with Crippen LogP contribution in [0.5, 0.6) is 0 Å². The Labute approximate surface area is 121 Å². The molecular weight excluding hydrogens is 252 g/mol. The number of hydrogen-bond donors (Lipinski definition) is 0.